The Labute approximate surface area is 125 Å². The minimum Gasteiger partial charge on any atom is -1.00 e. The molecule has 0 radical (unpaired) electrons. The molecule has 0 unspecified atom stereocenters. The van der Waals surface area contributed by atoms with E-state index >= 15 is 0 Å². The molecule has 2 nitrogen and oxygen atoms in total. The van der Waals surface area contributed by atoms with Gasteiger partial charge in [-0.25, -0.2) is 9.13 Å². The van der Waals surface area contributed by atoms with Crippen LogP contribution in [0, 0.1) is 0 Å². The van der Waals surface area contributed by atoms with Gasteiger partial charge in [0.1, 0.15) is 11.7 Å². The van der Waals surface area contributed by atoms with Gasteiger partial charge >= 0.3 is 0 Å². The Kier molecular flexibility index (Phi) is 3.86. The van der Waals surface area contributed by atoms with E-state index in [2.05, 4.69) is 66.4 Å². The number of fused-ring (bicyclic) bond motifs is 1. The summed E-state index contributed by atoms with van der Waals surface area (Å²) >= 11 is 0. The average molecular weight is 321 g/mol. The van der Waals surface area contributed by atoms with E-state index in [1.54, 1.807) is 0 Å². The van der Waals surface area contributed by atoms with Gasteiger partial charge in [-0.2, -0.15) is 0 Å². The molecule has 19 heavy (non-hydrogen) atoms. The van der Waals surface area contributed by atoms with Crippen molar-refractivity contribution in [3.05, 3.63) is 42.4 Å². The van der Waals surface area contributed by atoms with Crippen LogP contribution in [0.3, 0.4) is 0 Å². The van der Waals surface area contributed by atoms with Gasteiger partial charge in [0.15, 0.2) is 5.69 Å². The number of nitrogens with zero attached hydrogens (tertiary/aromatic N) is 2. The number of halogens is 1. The zero-order chi connectivity index (χ0) is 12.8. The molecule has 3 rings (SSSR count). The summed E-state index contributed by atoms with van der Waals surface area (Å²) in [7, 11) is 0. The third-order valence-corrected chi connectivity index (χ3v) is 3.71. The molecule has 2 heterocycles. The van der Waals surface area contributed by atoms with E-state index < -0.39 is 0 Å². The molecular weight excluding hydrogens is 300 g/mol. The Morgan fingerprint density at radius 1 is 1.11 bits per heavy atom. The lowest BCUT2D eigenvalue weighted by atomic mass is 10.1. The van der Waals surface area contributed by atoms with Crippen LogP contribution in [0.15, 0.2) is 36.5 Å². The van der Waals surface area contributed by atoms with Crippen molar-refractivity contribution >= 4 is 0 Å². The molecule has 0 saturated heterocycles. The van der Waals surface area contributed by atoms with Crippen molar-refractivity contribution in [2.45, 2.75) is 45.7 Å². The summed E-state index contributed by atoms with van der Waals surface area (Å²) in [6, 6.07) is 10.7. The fraction of sp³-hybridized carbons (Fsp3) is 0.438. The summed E-state index contributed by atoms with van der Waals surface area (Å²) in [6.45, 7) is 7.99. The third-order valence-electron chi connectivity index (χ3n) is 3.71. The fourth-order valence-corrected chi connectivity index (χ4v) is 2.86. The molecular formula is C16H21BrN2. The monoisotopic (exact) mass is 320 g/mol. The van der Waals surface area contributed by atoms with Crippen LogP contribution in [-0.2, 0) is 18.5 Å². The summed E-state index contributed by atoms with van der Waals surface area (Å²) in [6.07, 6.45) is 4.79. The second-order valence-corrected chi connectivity index (χ2v) is 6.09. The number of benzene rings is 1. The summed E-state index contributed by atoms with van der Waals surface area (Å²) < 4.78 is 4.93. The Bertz CT molecular complexity index is 564. The first-order valence-corrected chi connectivity index (χ1v) is 6.77. The molecule has 0 N–H and O–H groups in total. The third kappa shape index (κ3) is 2.48. The molecule has 0 atom stereocenters. The van der Waals surface area contributed by atoms with E-state index in [0.29, 0.717) is 0 Å². The first kappa shape index (κ1) is 14.3. The fourth-order valence-electron chi connectivity index (χ4n) is 2.86. The van der Waals surface area contributed by atoms with E-state index in [-0.39, 0.29) is 22.5 Å². The van der Waals surface area contributed by atoms with Crippen molar-refractivity contribution in [3.63, 3.8) is 0 Å². The van der Waals surface area contributed by atoms with Gasteiger partial charge in [0.2, 0.25) is 0 Å². The van der Waals surface area contributed by atoms with E-state index in [1.807, 2.05) is 0 Å². The molecule has 0 bridgehead atoms. The molecule has 3 heteroatoms. The van der Waals surface area contributed by atoms with Crippen LogP contribution < -0.4 is 21.5 Å². The van der Waals surface area contributed by atoms with Gasteiger partial charge in [0.25, 0.3) is 5.82 Å². The lowest BCUT2D eigenvalue weighted by Crippen LogP contribution is -3.00. The molecule has 1 aliphatic heterocycles. The van der Waals surface area contributed by atoms with E-state index in [4.69, 9.17) is 0 Å². The zero-order valence-electron chi connectivity index (χ0n) is 11.9. The minimum atomic E-state index is 0. The summed E-state index contributed by atoms with van der Waals surface area (Å²) in [5, 5.41) is 0. The molecule has 1 aliphatic rings. The van der Waals surface area contributed by atoms with Gasteiger partial charge in [-0.15, -0.1) is 0 Å². The van der Waals surface area contributed by atoms with Gasteiger partial charge in [-0.1, -0.05) is 30.3 Å². The van der Waals surface area contributed by atoms with Crippen LogP contribution in [0.4, 0.5) is 0 Å². The first-order valence-electron chi connectivity index (χ1n) is 6.77. The maximum Gasteiger partial charge on any atom is 0.257 e. The molecule has 1 aromatic carbocycles. The normalized spacial score (nSPS) is 14.1. The predicted octanol–water partition coefficient (Wildman–Crippen LogP) is 0.148. The Morgan fingerprint density at radius 3 is 2.42 bits per heavy atom. The topological polar surface area (TPSA) is 8.81 Å². The molecule has 2 aromatic rings. The Hall–Kier alpha value is -1.09. The van der Waals surface area contributed by atoms with Crippen LogP contribution in [0.5, 0.6) is 0 Å². The molecule has 0 spiro atoms. The second-order valence-electron chi connectivity index (χ2n) is 6.09. The van der Waals surface area contributed by atoms with Gasteiger partial charge in [-0.3, -0.25) is 0 Å². The maximum atomic E-state index is 2.49. The Morgan fingerprint density at radius 2 is 1.79 bits per heavy atom. The lowest BCUT2D eigenvalue weighted by molar-refractivity contribution is -0.759. The van der Waals surface area contributed by atoms with E-state index in [1.165, 1.54) is 29.9 Å². The highest BCUT2D eigenvalue weighted by Crippen LogP contribution is 2.26. The van der Waals surface area contributed by atoms with Crippen LogP contribution in [0.1, 0.15) is 33.0 Å². The molecule has 1 aromatic heterocycles. The highest BCUT2D eigenvalue weighted by Gasteiger charge is 2.33. The highest BCUT2D eigenvalue weighted by molar-refractivity contribution is 5.58. The van der Waals surface area contributed by atoms with Crippen molar-refractivity contribution in [2.75, 3.05) is 0 Å². The minimum absolute atomic E-state index is 0. The van der Waals surface area contributed by atoms with Crippen molar-refractivity contribution in [3.8, 4) is 11.3 Å². The van der Waals surface area contributed by atoms with Gasteiger partial charge in [0.05, 0.1) is 13.0 Å². The van der Waals surface area contributed by atoms with Gasteiger partial charge in [-0.05, 0) is 27.2 Å². The Balaban J connectivity index is 0.00000133. The van der Waals surface area contributed by atoms with Gasteiger partial charge in [0, 0.05) is 5.56 Å². The van der Waals surface area contributed by atoms with Crippen LogP contribution in [-0.4, -0.2) is 4.57 Å². The zero-order valence-corrected chi connectivity index (χ0v) is 13.4. The number of hydrogen-bond acceptors (Lipinski definition) is 0. The maximum absolute atomic E-state index is 2.49. The molecule has 0 fully saturated rings. The largest absolute Gasteiger partial charge is 1.00 e. The van der Waals surface area contributed by atoms with Crippen LogP contribution >= 0.6 is 0 Å². The standard InChI is InChI=1S/C16H21N2.BrH/c1-16(2,3)18-12-14(13-8-5-4-6-9-13)17-11-7-10-15(17)18;/h4-6,8-9,12H,7,10-11H2,1-3H3;1H/q+1;/p-1. The summed E-state index contributed by atoms with van der Waals surface area (Å²) in [5.74, 6) is 1.47. The summed E-state index contributed by atoms with van der Waals surface area (Å²) in [4.78, 5) is 0. The number of rotatable bonds is 1. The van der Waals surface area contributed by atoms with Crippen molar-refractivity contribution in [1.29, 1.82) is 0 Å². The second kappa shape index (κ2) is 5.12. The smallest absolute Gasteiger partial charge is 0.257 e. The molecule has 102 valence electrons. The van der Waals surface area contributed by atoms with E-state index in [0.717, 1.165) is 6.54 Å². The van der Waals surface area contributed by atoms with E-state index in [9.17, 15) is 0 Å². The lowest BCUT2D eigenvalue weighted by Gasteiger charge is -2.15. The van der Waals surface area contributed by atoms with Crippen molar-refractivity contribution in [2.24, 2.45) is 0 Å². The van der Waals surface area contributed by atoms with Crippen LogP contribution in [0.25, 0.3) is 11.3 Å². The SMILES string of the molecule is CC(C)(C)[n+]1cc(-c2ccccc2)n2c1CCC2.[Br-]. The van der Waals surface area contributed by atoms with Gasteiger partial charge < -0.3 is 17.0 Å². The molecule has 0 aliphatic carbocycles. The number of aromatic nitrogens is 2. The quantitative estimate of drug-likeness (QED) is 0.661. The van der Waals surface area contributed by atoms with Crippen LogP contribution in [0.2, 0.25) is 0 Å². The summed E-state index contributed by atoms with van der Waals surface area (Å²) in [5.41, 5.74) is 2.84. The first-order chi connectivity index (χ1) is 8.57. The number of imidazole rings is 1. The highest BCUT2D eigenvalue weighted by atomic mass is 79.9. The predicted molar refractivity (Wildman–Crippen MR) is 73.4 cm³/mol. The average Bonchev–Trinajstić information content (AvgIpc) is 2.89. The number of hydrogen-bond donors (Lipinski definition) is 0. The molecule has 0 amide bonds. The molecule has 0 saturated carbocycles. The van der Waals surface area contributed by atoms with Crippen molar-refractivity contribution in [1.82, 2.24) is 4.57 Å². The van der Waals surface area contributed by atoms with Crippen molar-refractivity contribution < 1.29 is 21.5 Å².